The Hall–Kier alpha value is -2.08. The Bertz CT molecular complexity index is 844. The number of nitrogens with zero attached hydrogens (tertiary/aromatic N) is 2. The van der Waals surface area contributed by atoms with Crippen LogP contribution in [0.1, 0.15) is 18.1 Å². The molecule has 0 spiro atoms. The van der Waals surface area contributed by atoms with Crippen molar-refractivity contribution in [1.29, 1.82) is 0 Å². The summed E-state index contributed by atoms with van der Waals surface area (Å²) in [5, 5.41) is 3.57. The number of halogens is 2. The second-order valence-electron chi connectivity index (χ2n) is 6.55. The van der Waals surface area contributed by atoms with Gasteiger partial charge in [0, 0.05) is 22.2 Å². The van der Waals surface area contributed by atoms with Crippen LogP contribution < -0.4 is 5.32 Å². The van der Waals surface area contributed by atoms with Crippen LogP contribution >= 0.6 is 23.2 Å². The van der Waals surface area contributed by atoms with E-state index in [1.165, 1.54) is 4.90 Å². The lowest BCUT2D eigenvalue weighted by atomic mass is 9.92. The quantitative estimate of drug-likeness (QED) is 0.787. The molecule has 7 heteroatoms. The van der Waals surface area contributed by atoms with Crippen LogP contribution in [0.25, 0.3) is 0 Å². The lowest BCUT2D eigenvalue weighted by Crippen LogP contribution is -2.43. The van der Waals surface area contributed by atoms with Crippen molar-refractivity contribution in [2.75, 3.05) is 13.7 Å². The van der Waals surface area contributed by atoms with Crippen LogP contribution in [0.2, 0.25) is 10.0 Å². The average Bonchev–Trinajstić information content (AvgIpc) is 2.79. The summed E-state index contributed by atoms with van der Waals surface area (Å²) in [5.41, 5.74) is 0.410. The normalized spacial score (nSPS) is 20.0. The molecule has 0 unspecified atom stereocenters. The maximum absolute atomic E-state index is 13.0. The van der Waals surface area contributed by atoms with Crippen molar-refractivity contribution in [1.82, 2.24) is 15.1 Å². The van der Waals surface area contributed by atoms with Gasteiger partial charge in [-0.15, -0.1) is 0 Å². The van der Waals surface area contributed by atoms with Crippen LogP contribution in [0.3, 0.4) is 0 Å². The summed E-state index contributed by atoms with van der Waals surface area (Å²) in [5.74, 6) is -0.341. The maximum Gasteiger partial charge on any atom is 0.326 e. The smallest absolute Gasteiger partial charge is 0.319 e. The molecule has 1 aliphatic rings. The molecule has 1 N–H and O–H groups in total. The highest BCUT2D eigenvalue weighted by atomic mass is 35.5. The van der Waals surface area contributed by atoms with E-state index in [2.05, 4.69) is 5.32 Å². The molecule has 0 radical (unpaired) electrons. The maximum atomic E-state index is 13.0. The number of carbonyl (C=O) groups is 2. The molecule has 0 saturated carbocycles. The zero-order valence-corrected chi connectivity index (χ0v) is 16.0. The van der Waals surface area contributed by atoms with Gasteiger partial charge in [-0.1, -0.05) is 59.6 Å². The number of urea groups is 1. The third-order valence-corrected chi connectivity index (χ3v) is 4.97. The summed E-state index contributed by atoms with van der Waals surface area (Å²) >= 11 is 12.2. The number of hydrogen-bond acceptors (Lipinski definition) is 3. The van der Waals surface area contributed by atoms with Gasteiger partial charge in [0.1, 0.15) is 5.54 Å². The fourth-order valence-corrected chi connectivity index (χ4v) is 3.69. The Kier molecular flexibility index (Phi) is 5.23. The van der Waals surface area contributed by atoms with Gasteiger partial charge < -0.3 is 5.32 Å². The van der Waals surface area contributed by atoms with Crippen LogP contribution in [0.15, 0.2) is 48.5 Å². The lowest BCUT2D eigenvalue weighted by Gasteiger charge is -2.25. The van der Waals surface area contributed by atoms with E-state index < -0.39 is 11.6 Å². The van der Waals surface area contributed by atoms with E-state index in [1.54, 1.807) is 25.1 Å². The van der Waals surface area contributed by atoms with E-state index in [9.17, 15) is 9.59 Å². The predicted molar refractivity (Wildman–Crippen MR) is 102 cm³/mol. The Balaban J connectivity index is 1.78. The summed E-state index contributed by atoms with van der Waals surface area (Å²) in [4.78, 5) is 28.5. The first-order valence-corrected chi connectivity index (χ1v) is 8.89. The number of amides is 3. The minimum atomic E-state index is -1.22. The first kappa shape index (κ1) is 18.7. The van der Waals surface area contributed by atoms with Crippen molar-refractivity contribution in [2.24, 2.45) is 0 Å². The Morgan fingerprint density at radius 1 is 1.12 bits per heavy atom. The number of carbonyl (C=O) groups excluding carboxylic acids is 2. The number of imide groups is 1. The fourth-order valence-electron chi connectivity index (χ4n) is 3.09. The minimum absolute atomic E-state index is 0.181. The zero-order valence-electron chi connectivity index (χ0n) is 14.5. The van der Waals surface area contributed by atoms with Gasteiger partial charge in [-0.2, -0.15) is 0 Å². The van der Waals surface area contributed by atoms with Crippen molar-refractivity contribution in [3.63, 3.8) is 0 Å². The van der Waals surface area contributed by atoms with Crippen LogP contribution in [-0.2, 0) is 16.9 Å². The van der Waals surface area contributed by atoms with E-state index >= 15 is 0 Å². The van der Waals surface area contributed by atoms with Crippen molar-refractivity contribution >= 4 is 35.1 Å². The second-order valence-corrected chi connectivity index (χ2v) is 7.40. The second kappa shape index (κ2) is 7.27. The molecule has 26 heavy (non-hydrogen) atoms. The Morgan fingerprint density at radius 2 is 1.81 bits per heavy atom. The highest BCUT2D eigenvalue weighted by Crippen LogP contribution is 2.35. The van der Waals surface area contributed by atoms with Crippen LogP contribution in [0.5, 0.6) is 0 Å². The molecule has 1 heterocycles. The zero-order chi connectivity index (χ0) is 18.9. The van der Waals surface area contributed by atoms with Crippen molar-refractivity contribution in [3.8, 4) is 0 Å². The average molecular weight is 392 g/mol. The predicted octanol–water partition coefficient (Wildman–Crippen LogP) is 3.85. The molecule has 0 bridgehead atoms. The fraction of sp³-hybridized carbons (Fsp3) is 0.263. The summed E-state index contributed by atoms with van der Waals surface area (Å²) < 4.78 is 0. The summed E-state index contributed by atoms with van der Waals surface area (Å²) in [6.07, 6.45) is 0. The summed E-state index contributed by atoms with van der Waals surface area (Å²) in [6, 6.07) is 14.3. The molecule has 2 aromatic carbocycles. The minimum Gasteiger partial charge on any atom is -0.319 e. The van der Waals surface area contributed by atoms with Gasteiger partial charge in [-0.3, -0.25) is 9.69 Å². The summed E-state index contributed by atoms with van der Waals surface area (Å²) in [6.45, 7) is 2.45. The van der Waals surface area contributed by atoms with E-state index in [4.69, 9.17) is 23.2 Å². The highest BCUT2D eigenvalue weighted by molar-refractivity contribution is 6.35. The molecule has 5 nitrogen and oxygen atoms in total. The van der Waals surface area contributed by atoms with E-state index in [0.717, 1.165) is 5.56 Å². The topological polar surface area (TPSA) is 52.6 Å². The lowest BCUT2D eigenvalue weighted by molar-refractivity contribution is -0.132. The van der Waals surface area contributed by atoms with Gasteiger partial charge in [-0.25, -0.2) is 9.69 Å². The molecule has 136 valence electrons. The molecule has 0 aliphatic carbocycles. The number of rotatable bonds is 5. The Morgan fingerprint density at radius 3 is 2.46 bits per heavy atom. The summed E-state index contributed by atoms with van der Waals surface area (Å²) in [7, 11) is 1.86. The van der Waals surface area contributed by atoms with Gasteiger partial charge >= 0.3 is 6.03 Å². The Labute approximate surface area is 162 Å². The number of hydrogen-bond donors (Lipinski definition) is 1. The molecular formula is C19H19Cl2N3O2. The molecule has 2 aromatic rings. The van der Waals surface area contributed by atoms with Crippen LogP contribution in [0, 0.1) is 0 Å². The molecule has 3 amide bonds. The molecule has 3 rings (SSSR count). The van der Waals surface area contributed by atoms with Crippen molar-refractivity contribution in [2.45, 2.75) is 19.0 Å². The van der Waals surface area contributed by atoms with E-state index in [1.807, 2.05) is 42.3 Å². The van der Waals surface area contributed by atoms with Crippen LogP contribution in [-0.4, -0.2) is 35.5 Å². The third-order valence-electron chi connectivity index (χ3n) is 4.42. The van der Waals surface area contributed by atoms with E-state index in [-0.39, 0.29) is 12.6 Å². The standard InChI is InChI=1S/C19H19Cl2N3O2/c1-19(15-9-8-14(20)10-16(15)21)17(25)24(18(26)22-19)12-23(2)11-13-6-4-3-5-7-13/h3-10H,11-12H2,1-2H3,(H,22,26)/t19-/m1/s1. The number of nitrogens with one attached hydrogen (secondary N) is 1. The van der Waals surface area contributed by atoms with Gasteiger partial charge in [0.05, 0.1) is 6.67 Å². The van der Waals surface area contributed by atoms with E-state index in [0.29, 0.717) is 22.2 Å². The molecule has 1 atom stereocenters. The third kappa shape index (κ3) is 3.56. The largest absolute Gasteiger partial charge is 0.326 e. The molecule has 1 fully saturated rings. The van der Waals surface area contributed by atoms with Gasteiger partial charge in [-0.05, 0) is 31.7 Å². The van der Waals surface area contributed by atoms with Gasteiger partial charge in [0.2, 0.25) is 0 Å². The van der Waals surface area contributed by atoms with Gasteiger partial charge in [0.25, 0.3) is 5.91 Å². The van der Waals surface area contributed by atoms with Gasteiger partial charge in [0.15, 0.2) is 0 Å². The highest BCUT2D eigenvalue weighted by Gasteiger charge is 2.50. The van der Waals surface area contributed by atoms with Crippen LogP contribution in [0.4, 0.5) is 4.79 Å². The molecular weight excluding hydrogens is 373 g/mol. The first-order valence-electron chi connectivity index (χ1n) is 8.13. The molecule has 0 aromatic heterocycles. The van der Waals surface area contributed by atoms with Crippen molar-refractivity contribution < 1.29 is 9.59 Å². The first-order chi connectivity index (χ1) is 12.3. The molecule has 1 aliphatic heterocycles. The van der Waals surface area contributed by atoms with Crippen molar-refractivity contribution in [3.05, 3.63) is 69.7 Å². The number of benzene rings is 2. The molecule has 1 saturated heterocycles. The SMILES string of the molecule is CN(Cc1ccccc1)CN1C(=O)N[C@](C)(c2ccc(Cl)cc2Cl)C1=O. The monoisotopic (exact) mass is 391 g/mol.